The second-order valence-electron chi connectivity index (χ2n) is 4.76. The van der Waals surface area contributed by atoms with Crippen LogP contribution in [0.1, 0.15) is 37.9 Å². The number of nitrogens with two attached hydrogens (primary N) is 1. The van der Waals surface area contributed by atoms with Crippen LogP contribution in [0.25, 0.3) is 0 Å². The molecule has 0 saturated heterocycles. The largest absolute Gasteiger partial charge is 0.458 e. The van der Waals surface area contributed by atoms with Gasteiger partial charge in [-0.1, -0.05) is 30.3 Å². The highest BCUT2D eigenvalue weighted by molar-refractivity contribution is 5.73. The summed E-state index contributed by atoms with van der Waals surface area (Å²) in [4.78, 5) is 11.9. The number of rotatable bonds is 3. The Morgan fingerprint density at radius 1 is 1.35 bits per heavy atom. The second-order valence-corrected chi connectivity index (χ2v) is 4.76. The first-order valence-corrected chi connectivity index (χ1v) is 6.18. The van der Waals surface area contributed by atoms with Crippen LogP contribution in [-0.2, 0) is 9.53 Å². The Morgan fingerprint density at radius 2 is 2.06 bits per heavy atom. The summed E-state index contributed by atoms with van der Waals surface area (Å²) in [5, 5.41) is 0. The van der Waals surface area contributed by atoms with Crippen LogP contribution >= 0.6 is 0 Å². The number of carbonyl (C=O) groups is 1. The smallest absolute Gasteiger partial charge is 0.309 e. The molecule has 1 saturated carbocycles. The minimum Gasteiger partial charge on any atom is -0.458 e. The molecule has 2 rings (SSSR count). The van der Waals surface area contributed by atoms with Crippen molar-refractivity contribution in [2.24, 2.45) is 11.7 Å². The fourth-order valence-electron chi connectivity index (χ4n) is 2.29. The van der Waals surface area contributed by atoms with Crippen molar-refractivity contribution in [1.29, 1.82) is 0 Å². The first-order valence-electron chi connectivity index (χ1n) is 6.18. The van der Waals surface area contributed by atoms with Crippen LogP contribution in [-0.4, -0.2) is 12.0 Å². The van der Waals surface area contributed by atoms with Crippen molar-refractivity contribution in [3.05, 3.63) is 35.9 Å². The van der Waals surface area contributed by atoms with Gasteiger partial charge in [0.05, 0.1) is 5.92 Å². The Bertz CT molecular complexity index is 377. The van der Waals surface area contributed by atoms with E-state index in [1.165, 1.54) is 0 Å². The first-order chi connectivity index (χ1) is 8.16. The quantitative estimate of drug-likeness (QED) is 0.816. The van der Waals surface area contributed by atoms with Gasteiger partial charge in [-0.15, -0.1) is 0 Å². The zero-order valence-electron chi connectivity index (χ0n) is 10.1. The Morgan fingerprint density at radius 3 is 2.65 bits per heavy atom. The van der Waals surface area contributed by atoms with Crippen LogP contribution in [0.3, 0.4) is 0 Å². The fourth-order valence-corrected chi connectivity index (χ4v) is 2.29. The Kier molecular flexibility index (Phi) is 3.79. The predicted octanol–water partition coefficient (Wildman–Crippen LogP) is 2.42. The number of esters is 1. The maximum absolute atomic E-state index is 11.9. The highest BCUT2D eigenvalue weighted by Gasteiger charge is 2.29. The summed E-state index contributed by atoms with van der Waals surface area (Å²) in [6.07, 6.45) is 2.38. The lowest BCUT2D eigenvalue weighted by atomic mass is 10.1. The summed E-state index contributed by atoms with van der Waals surface area (Å²) in [5.74, 6) is -0.106. The SMILES string of the molecule is CC(OC(=O)C1CCC(N)C1)c1ccccc1. The lowest BCUT2D eigenvalue weighted by molar-refractivity contribution is -0.153. The van der Waals surface area contributed by atoms with Crippen molar-refractivity contribution in [3.8, 4) is 0 Å². The molecule has 0 aromatic heterocycles. The van der Waals surface area contributed by atoms with Gasteiger partial charge in [0, 0.05) is 6.04 Å². The van der Waals surface area contributed by atoms with Crippen LogP contribution < -0.4 is 5.73 Å². The summed E-state index contributed by atoms with van der Waals surface area (Å²) < 4.78 is 5.47. The summed E-state index contributed by atoms with van der Waals surface area (Å²) in [6, 6.07) is 9.96. The third-order valence-corrected chi connectivity index (χ3v) is 3.37. The van der Waals surface area contributed by atoms with Crippen molar-refractivity contribution in [2.75, 3.05) is 0 Å². The molecule has 1 aliphatic rings. The second kappa shape index (κ2) is 5.32. The maximum Gasteiger partial charge on any atom is 0.309 e. The summed E-state index contributed by atoms with van der Waals surface area (Å²) in [6.45, 7) is 1.90. The van der Waals surface area contributed by atoms with Gasteiger partial charge in [0.25, 0.3) is 0 Å². The molecule has 1 fully saturated rings. The molecule has 17 heavy (non-hydrogen) atoms. The van der Waals surface area contributed by atoms with Gasteiger partial charge in [0.15, 0.2) is 0 Å². The number of hydrogen-bond acceptors (Lipinski definition) is 3. The van der Waals surface area contributed by atoms with Crippen molar-refractivity contribution >= 4 is 5.97 Å². The van der Waals surface area contributed by atoms with Gasteiger partial charge < -0.3 is 10.5 Å². The average Bonchev–Trinajstić information content (AvgIpc) is 2.77. The van der Waals surface area contributed by atoms with Gasteiger partial charge in [-0.3, -0.25) is 4.79 Å². The highest BCUT2D eigenvalue weighted by atomic mass is 16.5. The molecule has 2 N–H and O–H groups in total. The molecule has 3 heteroatoms. The molecule has 1 aliphatic carbocycles. The van der Waals surface area contributed by atoms with Gasteiger partial charge >= 0.3 is 5.97 Å². The normalized spacial score (nSPS) is 25.5. The Labute approximate surface area is 102 Å². The third-order valence-electron chi connectivity index (χ3n) is 3.37. The molecule has 0 amide bonds. The molecule has 0 bridgehead atoms. The zero-order valence-corrected chi connectivity index (χ0v) is 10.1. The van der Waals surface area contributed by atoms with E-state index < -0.39 is 0 Å². The van der Waals surface area contributed by atoms with Crippen molar-refractivity contribution in [2.45, 2.75) is 38.3 Å². The van der Waals surface area contributed by atoms with Gasteiger partial charge in [-0.2, -0.15) is 0 Å². The number of benzene rings is 1. The number of carbonyl (C=O) groups excluding carboxylic acids is 1. The van der Waals surface area contributed by atoms with Crippen molar-refractivity contribution in [3.63, 3.8) is 0 Å². The standard InChI is InChI=1S/C14H19NO2/c1-10(11-5-3-2-4-6-11)17-14(16)12-7-8-13(15)9-12/h2-6,10,12-13H,7-9,15H2,1H3. The molecule has 3 nitrogen and oxygen atoms in total. The summed E-state index contributed by atoms with van der Waals surface area (Å²) in [5.41, 5.74) is 6.83. The van der Waals surface area contributed by atoms with Crippen LogP contribution in [0, 0.1) is 5.92 Å². The topological polar surface area (TPSA) is 52.3 Å². The Hall–Kier alpha value is -1.35. The van der Waals surface area contributed by atoms with E-state index in [-0.39, 0.29) is 24.0 Å². The molecule has 0 spiro atoms. The molecule has 3 atom stereocenters. The van der Waals surface area contributed by atoms with Crippen LogP contribution in [0.4, 0.5) is 0 Å². The van der Waals surface area contributed by atoms with Crippen molar-refractivity contribution < 1.29 is 9.53 Å². The zero-order chi connectivity index (χ0) is 12.3. The molecular weight excluding hydrogens is 214 g/mol. The van der Waals surface area contributed by atoms with Gasteiger partial charge in [0.2, 0.25) is 0 Å². The van der Waals surface area contributed by atoms with E-state index in [1.54, 1.807) is 0 Å². The van der Waals surface area contributed by atoms with Gasteiger partial charge in [-0.05, 0) is 31.7 Å². The molecular formula is C14H19NO2. The first kappa shape index (κ1) is 12.1. The molecule has 0 radical (unpaired) electrons. The monoisotopic (exact) mass is 233 g/mol. The molecule has 3 unspecified atom stereocenters. The Balaban J connectivity index is 1.91. The van der Waals surface area contributed by atoms with E-state index in [0.29, 0.717) is 0 Å². The minimum absolute atomic E-state index is 0.00355. The van der Waals surface area contributed by atoms with Gasteiger partial charge in [0.1, 0.15) is 6.10 Å². The van der Waals surface area contributed by atoms with Gasteiger partial charge in [-0.25, -0.2) is 0 Å². The predicted molar refractivity (Wildman–Crippen MR) is 66.3 cm³/mol. The fraction of sp³-hybridized carbons (Fsp3) is 0.500. The molecule has 0 aliphatic heterocycles. The van der Waals surface area contributed by atoms with Crippen LogP contribution in [0.2, 0.25) is 0 Å². The number of ether oxygens (including phenoxy) is 1. The van der Waals surface area contributed by atoms with Crippen LogP contribution in [0.5, 0.6) is 0 Å². The van der Waals surface area contributed by atoms with Crippen molar-refractivity contribution in [1.82, 2.24) is 0 Å². The minimum atomic E-state index is -0.180. The number of hydrogen-bond donors (Lipinski definition) is 1. The molecule has 1 aromatic carbocycles. The van der Waals surface area contributed by atoms with E-state index in [9.17, 15) is 4.79 Å². The maximum atomic E-state index is 11.9. The molecule has 0 heterocycles. The highest BCUT2D eigenvalue weighted by Crippen LogP contribution is 2.27. The molecule has 1 aromatic rings. The van der Waals surface area contributed by atoms with E-state index in [1.807, 2.05) is 37.3 Å². The lowest BCUT2D eigenvalue weighted by Gasteiger charge is -2.16. The van der Waals surface area contributed by atoms with Crippen LogP contribution in [0.15, 0.2) is 30.3 Å². The summed E-state index contributed by atoms with van der Waals surface area (Å²) >= 11 is 0. The average molecular weight is 233 g/mol. The molecule has 92 valence electrons. The van der Waals surface area contributed by atoms with E-state index in [4.69, 9.17) is 10.5 Å². The lowest BCUT2D eigenvalue weighted by Crippen LogP contribution is -2.20. The third kappa shape index (κ3) is 3.07. The van der Waals surface area contributed by atoms with E-state index in [2.05, 4.69) is 0 Å². The van der Waals surface area contributed by atoms with E-state index in [0.717, 1.165) is 24.8 Å². The van der Waals surface area contributed by atoms with E-state index >= 15 is 0 Å². The summed E-state index contributed by atoms with van der Waals surface area (Å²) in [7, 11) is 0.